The van der Waals surface area contributed by atoms with Crippen LogP contribution in [0.3, 0.4) is 0 Å². The number of rotatable bonds is 0. The van der Waals surface area contributed by atoms with E-state index in [9.17, 15) is 5.11 Å². The number of hydrogen-bond donors (Lipinski definition) is 1. The number of hydrogen-bond acceptors (Lipinski definition) is 1. The Balaban J connectivity index is 2.02. The van der Waals surface area contributed by atoms with Crippen LogP contribution in [0.1, 0.15) is 6.42 Å². The molecule has 1 N–H and O–H groups in total. The van der Waals surface area contributed by atoms with Crippen molar-refractivity contribution in [3.63, 3.8) is 0 Å². The van der Waals surface area contributed by atoms with Gasteiger partial charge in [0.15, 0.2) is 0 Å². The van der Waals surface area contributed by atoms with Gasteiger partial charge in [-0.3, -0.25) is 0 Å². The first kappa shape index (κ1) is 6.01. The van der Waals surface area contributed by atoms with Gasteiger partial charge in [0.2, 0.25) is 0 Å². The Labute approximate surface area is 66.4 Å². The van der Waals surface area contributed by atoms with E-state index in [2.05, 4.69) is 18.2 Å². The summed E-state index contributed by atoms with van der Waals surface area (Å²) in [5, 5.41) is 9.60. The molecule has 0 aromatic carbocycles. The molecule has 0 aromatic rings. The van der Waals surface area contributed by atoms with Gasteiger partial charge in [0.05, 0.1) is 6.10 Å². The average molecular weight is 148 g/mol. The summed E-state index contributed by atoms with van der Waals surface area (Å²) in [4.78, 5) is 0. The maximum absolute atomic E-state index is 9.60. The molecule has 3 aliphatic rings. The van der Waals surface area contributed by atoms with E-state index in [0.717, 1.165) is 5.92 Å². The monoisotopic (exact) mass is 148 g/mol. The van der Waals surface area contributed by atoms with E-state index in [1.807, 2.05) is 6.08 Å². The van der Waals surface area contributed by atoms with Crippen LogP contribution in [0.5, 0.6) is 0 Å². The van der Waals surface area contributed by atoms with Crippen molar-refractivity contribution in [2.45, 2.75) is 12.5 Å². The standard InChI is InChI=1S/C10H12O/c11-9-4-3-8-6-1-2-7(5-6)10(8)9/h1-4,6-11H,5H2/t6-,7-,8-,9-,10-/m1/s1. The predicted octanol–water partition coefficient (Wildman–Crippen LogP) is 1.36. The second kappa shape index (κ2) is 1.78. The highest BCUT2D eigenvalue weighted by atomic mass is 16.3. The first-order valence-corrected chi connectivity index (χ1v) is 4.41. The van der Waals surface area contributed by atoms with Crippen molar-refractivity contribution in [2.75, 3.05) is 0 Å². The maximum atomic E-state index is 9.60. The third kappa shape index (κ3) is 0.603. The normalized spacial score (nSPS) is 57.4. The molecule has 58 valence electrons. The van der Waals surface area contributed by atoms with Gasteiger partial charge in [0.25, 0.3) is 0 Å². The summed E-state index contributed by atoms with van der Waals surface area (Å²) in [5.74, 6) is 2.62. The van der Waals surface area contributed by atoms with Crippen LogP contribution in [0.2, 0.25) is 0 Å². The Kier molecular flexibility index (Phi) is 0.972. The van der Waals surface area contributed by atoms with Crippen molar-refractivity contribution in [3.05, 3.63) is 24.3 Å². The van der Waals surface area contributed by atoms with Gasteiger partial charge < -0.3 is 5.11 Å². The fraction of sp³-hybridized carbons (Fsp3) is 0.600. The van der Waals surface area contributed by atoms with Gasteiger partial charge >= 0.3 is 0 Å². The first-order chi connectivity index (χ1) is 5.36. The lowest BCUT2D eigenvalue weighted by Gasteiger charge is -2.22. The van der Waals surface area contributed by atoms with Crippen LogP contribution in [0.4, 0.5) is 0 Å². The Morgan fingerprint density at radius 3 is 2.64 bits per heavy atom. The minimum absolute atomic E-state index is 0.153. The van der Waals surface area contributed by atoms with Crippen LogP contribution in [0.15, 0.2) is 24.3 Å². The summed E-state index contributed by atoms with van der Waals surface area (Å²) in [6.45, 7) is 0. The van der Waals surface area contributed by atoms with Crippen molar-refractivity contribution in [2.24, 2.45) is 23.7 Å². The molecular weight excluding hydrogens is 136 g/mol. The van der Waals surface area contributed by atoms with Gasteiger partial charge in [0.1, 0.15) is 0 Å². The number of allylic oxidation sites excluding steroid dienone is 3. The first-order valence-electron chi connectivity index (χ1n) is 4.41. The molecular formula is C10H12O. The number of fused-ring (bicyclic) bond motifs is 5. The molecule has 0 heterocycles. The van der Waals surface area contributed by atoms with Gasteiger partial charge in [-0.05, 0) is 24.2 Å². The molecule has 1 saturated carbocycles. The van der Waals surface area contributed by atoms with E-state index in [1.54, 1.807) is 0 Å². The smallest absolute Gasteiger partial charge is 0.0760 e. The minimum Gasteiger partial charge on any atom is -0.389 e. The summed E-state index contributed by atoms with van der Waals surface area (Å²) >= 11 is 0. The van der Waals surface area contributed by atoms with E-state index in [1.165, 1.54) is 6.42 Å². The van der Waals surface area contributed by atoms with Crippen LogP contribution >= 0.6 is 0 Å². The number of aliphatic hydroxyl groups is 1. The summed E-state index contributed by atoms with van der Waals surface area (Å²) in [7, 11) is 0. The molecule has 11 heavy (non-hydrogen) atoms. The van der Waals surface area contributed by atoms with Crippen molar-refractivity contribution in [3.8, 4) is 0 Å². The summed E-state index contributed by atoms with van der Waals surface area (Å²) in [6, 6.07) is 0. The zero-order chi connectivity index (χ0) is 7.42. The van der Waals surface area contributed by atoms with Crippen LogP contribution in [-0.2, 0) is 0 Å². The molecule has 5 atom stereocenters. The Bertz CT molecular complexity index is 241. The van der Waals surface area contributed by atoms with Crippen molar-refractivity contribution < 1.29 is 5.11 Å². The second-order valence-corrected chi connectivity index (χ2v) is 3.98. The van der Waals surface area contributed by atoms with Gasteiger partial charge in [0, 0.05) is 5.92 Å². The highest BCUT2D eigenvalue weighted by Gasteiger charge is 2.48. The topological polar surface area (TPSA) is 20.2 Å². The van der Waals surface area contributed by atoms with Gasteiger partial charge in [-0.25, -0.2) is 0 Å². The molecule has 0 aromatic heterocycles. The van der Waals surface area contributed by atoms with Gasteiger partial charge in [-0.15, -0.1) is 0 Å². The largest absolute Gasteiger partial charge is 0.389 e. The van der Waals surface area contributed by atoms with Crippen LogP contribution in [0.25, 0.3) is 0 Å². The molecule has 0 saturated heterocycles. The van der Waals surface area contributed by atoms with E-state index >= 15 is 0 Å². The van der Waals surface area contributed by atoms with E-state index in [-0.39, 0.29) is 6.10 Å². The third-order valence-corrected chi connectivity index (χ3v) is 3.51. The SMILES string of the molecule is O[C@@H]1C=C[C@H]2[C@H]1[C@@H]1C=C[C@@H]2C1. The number of aliphatic hydroxyl groups excluding tert-OH is 1. The van der Waals surface area contributed by atoms with Crippen LogP contribution in [-0.4, -0.2) is 11.2 Å². The molecule has 3 aliphatic carbocycles. The van der Waals surface area contributed by atoms with E-state index in [4.69, 9.17) is 0 Å². The fourth-order valence-electron chi connectivity index (χ4n) is 3.02. The van der Waals surface area contributed by atoms with Crippen LogP contribution < -0.4 is 0 Å². The van der Waals surface area contributed by atoms with E-state index < -0.39 is 0 Å². The molecule has 3 rings (SSSR count). The third-order valence-electron chi connectivity index (χ3n) is 3.51. The Hall–Kier alpha value is -0.560. The Morgan fingerprint density at radius 2 is 1.82 bits per heavy atom. The van der Waals surface area contributed by atoms with E-state index in [0.29, 0.717) is 17.8 Å². The molecule has 0 radical (unpaired) electrons. The lowest BCUT2D eigenvalue weighted by Crippen LogP contribution is -2.23. The molecule has 1 nitrogen and oxygen atoms in total. The fourth-order valence-corrected chi connectivity index (χ4v) is 3.02. The molecule has 0 amide bonds. The zero-order valence-corrected chi connectivity index (χ0v) is 6.35. The molecule has 1 fully saturated rings. The molecule has 0 aliphatic heterocycles. The minimum atomic E-state index is -0.153. The summed E-state index contributed by atoms with van der Waals surface area (Å²) < 4.78 is 0. The Morgan fingerprint density at radius 1 is 1.00 bits per heavy atom. The average Bonchev–Trinajstić information content (AvgIpc) is 2.60. The lowest BCUT2D eigenvalue weighted by molar-refractivity contribution is 0.132. The molecule has 1 heteroatoms. The van der Waals surface area contributed by atoms with Gasteiger partial charge in [-0.2, -0.15) is 0 Å². The van der Waals surface area contributed by atoms with Crippen molar-refractivity contribution >= 4 is 0 Å². The van der Waals surface area contributed by atoms with Gasteiger partial charge in [-0.1, -0.05) is 24.3 Å². The van der Waals surface area contributed by atoms with Crippen molar-refractivity contribution in [1.29, 1.82) is 0 Å². The maximum Gasteiger partial charge on any atom is 0.0760 e. The predicted molar refractivity (Wildman–Crippen MR) is 42.9 cm³/mol. The molecule has 0 unspecified atom stereocenters. The quantitative estimate of drug-likeness (QED) is 0.514. The zero-order valence-electron chi connectivity index (χ0n) is 6.35. The summed E-state index contributed by atoms with van der Waals surface area (Å²) in [6.07, 6.45) is 9.94. The summed E-state index contributed by atoms with van der Waals surface area (Å²) in [5.41, 5.74) is 0. The van der Waals surface area contributed by atoms with Crippen molar-refractivity contribution in [1.82, 2.24) is 0 Å². The lowest BCUT2D eigenvalue weighted by atomic mass is 9.84. The second-order valence-electron chi connectivity index (χ2n) is 3.98. The highest BCUT2D eigenvalue weighted by molar-refractivity contribution is 5.24. The molecule has 2 bridgehead atoms. The van der Waals surface area contributed by atoms with Crippen LogP contribution in [0, 0.1) is 23.7 Å². The molecule has 0 spiro atoms. The highest BCUT2D eigenvalue weighted by Crippen LogP contribution is 2.52.